The van der Waals surface area contributed by atoms with Crippen molar-refractivity contribution in [2.24, 2.45) is 5.92 Å². The van der Waals surface area contributed by atoms with Gasteiger partial charge >= 0.3 is 0 Å². The summed E-state index contributed by atoms with van der Waals surface area (Å²) in [6.45, 7) is 4.93. The number of aliphatic hydroxyl groups is 1. The van der Waals surface area contributed by atoms with Crippen LogP contribution in [-0.2, 0) is 0 Å². The molecule has 2 nitrogen and oxygen atoms in total. The summed E-state index contributed by atoms with van der Waals surface area (Å²) < 4.78 is 0. The Morgan fingerprint density at radius 3 is 3.08 bits per heavy atom. The Balaban J connectivity index is 2.03. The predicted molar refractivity (Wildman–Crippen MR) is 59.2 cm³/mol. The standard InChI is InChI=1S/C10H21NOS/c1-9(4-6-12)13-8-10-3-2-5-11-7-10/h9-12H,2-8H2,1H3. The monoisotopic (exact) mass is 203 g/mol. The number of rotatable bonds is 5. The van der Waals surface area contributed by atoms with Crippen molar-refractivity contribution >= 4 is 11.8 Å². The largest absolute Gasteiger partial charge is 0.396 e. The Kier molecular flexibility index (Phi) is 5.83. The summed E-state index contributed by atoms with van der Waals surface area (Å²) >= 11 is 2.01. The third kappa shape index (κ3) is 4.89. The maximum Gasteiger partial charge on any atom is 0.0441 e. The van der Waals surface area contributed by atoms with Gasteiger partial charge in [0.1, 0.15) is 0 Å². The highest BCUT2D eigenvalue weighted by Crippen LogP contribution is 2.21. The molecule has 3 heteroatoms. The highest BCUT2D eigenvalue weighted by atomic mass is 32.2. The smallest absolute Gasteiger partial charge is 0.0441 e. The lowest BCUT2D eigenvalue weighted by atomic mass is 10.0. The van der Waals surface area contributed by atoms with Gasteiger partial charge in [0.25, 0.3) is 0 Å². The number of thioether (sulfide) groups is 1. The molecular formula is C10H21NOS. The third-order valence-electron chi connectivity index (χ3n) is 2.55. The summed E-state index contributed by atoms with van der Waals surface area (Å²) in [6, 6.07) is 0. The lowest BCUT2D eigenvalue weighted by Gasteiger charge is -2.23. The first-order valence-corrected chi connectivity index (χ1v) is 6.31. The molecular weight excluding hydrogens is 182 g/mol. The molecule has 1 saturated heterocycles. The van der Waals surface area contributed by atoms with Crippen LogP contribution in [0.5, 0.6) is 0 Å². The molecule has 0 bridgehead atoms. The zero-order valence-electron chi connectivity index (χ0n) is 8.46. The lowest BCUT2D eigenvalue weighted by molar-refractivity contribution is 0.288. The normalized spacial score (nSPS) is 25.8. The highest BCUT2D eigenvalue weighted by molar-refractivity contribution is 7.99. The van der Waals surface area contributed by atoms with Crippen LogP contribution in [0.1, 0.15) is 26.2 Å². The van der Waals surface area contributed by atoms with E-state index >= 15 is 0 Å². The molecule has 2 N–H and O–H groups in total. The van der Waals surface area contributed by atoms with E-state index in [9.17, 15) is 0 Å². The summed E-state index contributed by atoms with van der Waals surface area (Å²) in [5.41, 5.74) is 0. The summed E-state index contributed by atoms with van der Waals surface area (Å²) in [6.07, 6.45) is 3.65. The zero-order chi connectivity index (χ0) is 9.52. The van der Waals surface area contributed by atoms with Crippen molar-refractivity contribution in [3.63, 3.8) is 0 Å². The first-order chi connectivity index (χ1) is 6.33. The van der Waals surface area contributed by atoms with Crippen LogP contribution in [0.15, 0.2) is 0 Å². The summed E-state index contributed by atoms with van der Waals surface area (Å²) in [7, 11) is 0. The summed E-state index contributed by atoms with van der Waals surface area (Å²) in [5, 5.41) is 12.8. The van der Waals surface area contributed by atoms with Crippen molar-refractivity contribution in [1.82, 2.24) is 5.32 Å². The Labute approximate surface area is 85.5 Å². The number of hydrogen-bond donors (Lipinski definition) is 2. The van der Waals surface area contributed by atoms with Crippen LogP contribution < -0.4 is 5.32 Å². The minimum atomic E-state index is 0.330. The van der Waals surface area contributed by atoms with Crippen molar-refractivity contribution < 1.29 is 5.11 Å². The molecule has 2 unspecified atom stereocenters. The maximum absolute atomic E-state index is 8.75. The van der Waals surface area contributed by atoms with Crippen molar-refractivity contribution in [2.75, 3.05) is 25.4 Å². The molecule has 1 heterocycles. The molecule has 0 spiro atoms. The van der Waals surface area contributed by atoms with E-state index in [1.165, 1.54) is 31.7 Å². The molecule has 1 fully saturated rings. The van der Waals surface area contributed by atoms with E-state index in [1.807, 2.05) is 11.8 Å². The second-order valence-electron chi connectivity index (χ2n) is 3.87. The SMILES string of the molecule is CC(CCO)SCC1CCCNC1. The van der Waals surface area contributed by atoms with E-state index in [-0.39, 0.29) is 0 Å². The first kappa shape index (κ1) is 11.3. The molecule has 1 rings (SSSR count). The molecule has 0 aliphatic carbocycles. The average molecular weight is 203 g/mol. The number of piperidine rings is 1. The van der Waals surface area contributed by atoms with E-state index in [2.05, 4.69) is 12.2 Å². The van der Waals surface area contributed by atoms with Gasteiger partial charge in [-0.3, -0.25) is 0 Å². The second-order valence-corrected chi connectivity index (χ2v) is 5.34. The van der Waals surface area contributed by atoms with E-state index in [0.717, 1.165) is 12.3 Å². The van der Waals surface area contributed by atoms with Gasteiger partial charge < -0.3 is 10.4 Å². The van der Waals surface area contributed by atoms with E-state index in [4.69, 9.17) is 5.11 Å². The number of nitrogens with one attached hydrogen (secondary N) is 1. The van der Waals surface area contributed by atoms with Gasteiger partial charge in [-0.25, -0.2) is 0 Å². The molecule has 0 aromatic carbocycles. The quantitative estimate of drug-likeness (QED) is 0.710. The zero-order valence-corrected chi connectivity index (χ0v) is 9.28. The fourth-order valence-electron chi connectivity index (χ4n) is 1.63. The molecule has 0 amide bonds. The van der Waals surface area contributed by atoms with Gasteiger partial charge in [0, 0.05) is 11.9 Å². The third-order valence-corrected chi connectivity index (χ3v) is 4.02. The molecule has 0 saturated carbocycles. The predicted octanol–water partition coefficient (Wildman–Crippen LogP) is 1.49. The average Bonchev–Trinajstić information content (AvgIpc) is 2.17. The Bertz CT molecular complexity index is 126. The Hall–Kier alpha value is 0.270. The molecule has 78 valence electrons. The molecule has 2 atom stereocenters. The van der Waals surface area contributed by atoms with Gasteiger partial charge in [-0.05, 0) is 44.0 Å². The number of aliphatic hydroxyl groups excluding tert-OH is 1. The molecule has 1 aliphatic rings. The maximum atomic E-state index is 8.75. The minimum Gasteiger partial charge on any atom is -0.396 e. The minimum absolute atomic E-state index is 0.330. The van der Waals surface area contributed by atoms with Crippen LogP contribution in [0.3, 0.4) is 0 Å². The van der Waals surface area contributed by atoms with Crippen molar-refractivity contribution in [1.29, 1.82) is 0 Å². The van der Waals surface area contributed by atoms with E-state index in [1.54, 1.807) is 0 Å². The van der Waals surface area contributed by atoms with Crippen LogP contribution in [-0.4, -0.2) is 35.8 Å². The highest BCUT2D eigenvalue weighted by Gasteiger charge is 2.13. The molecule has 13 heavy (non-hydrogen) atoms. The Morgan fingerprint density at radius 2 is 2.46 bits per heavy atom. The summed E-state index contributed by atoms with van der Waals surface area (Å²) in [5.74, 6) is 2.12. The van der Waals surface area contributed by atoms with E-state index < -0.39 is 0 Å². The van der Waals surface area contributed by atoms with Crippen molar-refractivity contribution in [3.05, 3.63) is 0 Å². The van der Waals surface area contributed by atoms with Crippen molar-refractivity contribution in [3.8, 4) is 0 Å². The van der Waals surface area contributed by atoms with E-state index in [0.29, 0.717) is 11.9 Å². The van der Waals surface area contributed by atoms with Crippen LogP contribution in [0, 0.1) is 5.92 Å². The van der Waals surface area contributed by atoms with Crippen LogP contribution in [0.25, 0.3) is 0 Å². The molecule has 0 aromatic rings. The lowest BCUT2D eigenvalue weighted by Crippen LogP contribution is -2.31. The summed E-state index contributed by atoms with van der Waals surface area (Å²) in [4.78, 5) is 0. The van der Waals surface area contributed by atoms with Gasteiger partial charge in [0.2, 0.25) is 0 Å². The Morgan fingerprint density at radius 1 is 1.62 bits per heavy atom. The van der Waals surface area contributed by atoms with Gasteiger partial charge in [-0.1, -0.05) is 6.92 Å². The topological polar surface area (TPSA) is 32.3 Å². The van der Waals surface area contributed by atoms with Gasteiger partial charge in [-0.15, -0.1) is 0 Å². The van der Waals surface area contributed by atoms with Crippen LogP contribution in [0.4, 0.5) is 0 Å². The molecule has 1 aliphatic heterocycles. The molecule has 0 aromatic heterocycles. The van der Waals surface area contributed by atoms with Gasteiger partial charge in [-0.2, -0.15) is 11.8 Å². The van der Waals surface area contributed by atoms with Crippen LogP contribution in [0.2, 0.25) is 0 Å². The number of hydrogen-bond acceptors (Lipinski definition) is 3. The van der Waals surface area contributed by atoms with Gasteiger partial charge in [0.15, 0.2) is 0 Å². The second kappa shape index (κ2) is 6.68. The van der Waals surface area contributed by atoms with Gasteiger partial charge in [0.05, 0.1) is 0 Å². The van der Waals surface area contributed by atoms with Crippen LogP contribution >= 0.6 is 11.8 Å². The molecule has 0 radical (unpaired) electrons. The van der Waals surface area contributed by atoms with Crippen molar-refractivity contribution in [2.45, 2.75) is 31.4 Å². The fraction of sp³-hybridized carbons (Fsp3) is 1.00. The first-order valence-electron chi connectivity index (χ1n) is 5.26. The fourth-order valence-corrected chi connectivity index (χ4v) is 2.79.